The molecule has 0 spiro atoms. The molecule has 76 valence electrons. The van der Waals surface area contributed by atoms with Gasteiger partial charge in [0.2, 0.25) is 0 Å². The van der Waals surface area contributed by atoms with Gasteiger partial charge >= 0.3 is 0 Å². The number of hydrogen-bond acceptors (Lipinski definition) is 3. The number of anilines is 1. The van der Waals surface area contributed by atoms with E-state index in [9.17, 15) is 0 Å². The quantitative estimate of drug-likeness (QED) is 0.743. The molecule has 2 rings (SSSR count). The van der Waals surface area contributed by atoms with Crippen LogP contribution in [0.4, 0.5) is 5.69 Å². The Kier molecular flexibility index (Phi) is 3.01. The molecule has 0 radical (unpaired) electrons. The topological polar surface area (TPSA) is 33.3 Å². The fraction of sp³-hybridized carbons (Fsp3) is 0.455. The maximum atomic E-state index is 5.65. The first-order valence-electron chi connectivity index (χ1n) is 5.00. The summed E-state index contributed by atoms with van der Waals surface area (Å²) in [5, 5.41) is 6.42. The van der Waals surface area contributed by atoms with E-state index in [0.29, 0.717) is 0 Å². The number of morpholine rings is 1. The van der Waals surface area contributed by atoms with E-state index in [4.69, 9.17) is 4.74 Å². The fourth-order valence-corrected chi connectivity index (χ4v) is 1.64. The molecule has 0 saturated carbocycles. The molecular weight excluding hydrogens is 176 g/mol. The zero-order chi connectivity index (χ0) is 9.80. The van der Waals surface area contributed by atoms with Gasteiger partial charge in [0.1, 0.15) is 0 Å². The summed E-state index contributed by atoms with van der Waals surface area (Å²) >= 11 is 0. The second kappa shape index (κ2) is 4.44. The Morgan fingerprint density at radius 3 is 2.71 bits per heavy atom. The minimum absolute atomic E-state index is 0.217. The van der Waals surface area contributed by atoms with Crippen LogP contribution in [-0.2, 0) is 4.74 Å². The maximum absolute atomic E-state index is 5.65. The molecule has 3 heteroatoms. The summed E-state index contributed by atoms with van der Waals surface area (Å²) in [7, 11) is 1.92. The zero-order valence-corrected chi connectivity index (χ0v) is 8.42. The van der Waals surface area contributed by atoms with E-state index in [1.54, 1.807) is 0 Å². The molecular formula is C11H16N2O. The first-order chi connectivity index (χ1) is 6.90. The summed E-state index contributed by atoms with van der Waals surface area (Å²) in [5.41, 5.74) is 2.38. The highest BCUT2D eigenvalue weighted by atomic mass is 16.5. The molecule has 0 aliphatic carbocycles. The van der Waals surface area contributed by atoms with E-state index < -0.39 is 0 Å². The number of benzene rings is 1. The Morgan fingerprint density at radius 2 is 2.14 bits per heavy atom. The third-order valence-electron chi connectivity index (χ3n) is 2.50. The molecule has 1 heterocycles. The van der Waals surface area contributed by atoms with E-state index in [-0.39, 0.29) is 6.10 Å². The van der Waals surface area contributed by atoms with Crippen LogP contribution >= 0.6 is 0 Å². The van der Waals surface area contributed by atoms with Crippen molar-refractivity contribution in [3.8, 4) is 0 Å². The van der Waals surface area contributed by atoms with Gasteiger partial charge in [-0.2, -0.15) is 0 Å². The highest BCUT2D eigenvalue weighted by Gasteiger charge is 2.14. The van der Waals surface area contributed by atoms with Crippen LogP contribution in [0.1, 0.15) is 11.7 Å². The average molecular weight is 192 g/mol. The van der Waals surface area contributed by atoms with Crippen molar-refractivity contribution >= 4 is 5.69 Å². The summed E-state index contributed by atoms with van der Waals surface area (Å²) in [6.45, 7) is 2.68. The SMILES string of the molecule is CNc1ccc([C@H]2CNCCO2)cc1. The maximum Gasteiger partial charge on any atom is 0.0949 e. The molecule has 1 aromatic carbocycles. The summed E-state index contributed by atoms with van der Waals surface area (Å²) in [5.74, 6) is 0. The Bertz CT molecular complexity index is 278. The van der Waals surface area contributed by atoms with Gasteiger partial charge in [-0.25, -0.2) is 0 Å². The highest BCUT2D eigenvalue weighted by Crippen LogP contribution is 2.20. The van der Waals surface area contributed by atoms with Gasteiger partial charge in [-0.1, -0.05) is 12.1 Å². The molecule has 1 atom stereocenters. The summed E-state index contributed by atoms with van der Waals surface area (Å²) < 4.78 is 5.65. The smallest absolute Gasteiger partial charge is 0.0949 e. The summed E-state index contributed by atoms with van der Waals surface area (Å²) in [6.07, 6.45) is 0.217. The second-order valence-electron chi connectivity index (χ2n) is 3.44. The number of hydrogen-bond donors (Lipinski definition) is 2. The molecule has 2 N–H and O–H groups in total. The standard InChI is InChI=1S/C11H16N2O/c1-12-10-4-2-9(3-5-10)11-8-13-6-7-14-11/h2-5,11-13H,6-8H2,1H3/t11-/m1/s1. The Hall–Kier alpha value is -1.06. The van der Waals surface area contributed by atoms with Gasteiger partial charge in [-0.05, 0) is 17.7 Å². The van der Waals surface area contributed by atoms with Crippen LogP contribution in [-0.4, -0.2) is 26.7 Å². The minimum Gasteiger partial charge on any atom is -0.388 e. The second-order valence-corrected chi connectivity index (χ2v) is 3.44. The lowest BCUT2D eigenvalue weighted by molar-refractivity contribution is 0.0277. The first kappa shape index (κ1) is 9.49. The van der Waals surface area contributed by atoms with Crippen molar-refractivity contribution in [2.24, 2.45) is 0 Å². The van der Waals surface area contributed by atoms with Crippen LogP contribution in [0.15, 0.2) is 24.3 Å². The molecule has 0 amide bonds. The van der Waals surface area contributed by atoms with E-state index >= 15 is 0 Å². The molecule has 3 nitrogen and oxygen atoms in total. The molecule has 1 saturated heterocycles. The van der Waals surface area contributed by atoms with E-state index in [1.807, 2.05) is 7.05 Å². The van der Waals surface area contributed by atoms with Crippen molar-refractivity contribution in [2.45, 2.75) is 6.10 Å². The lowest BCUT2D eigenvalue weighted by Crippen LogP contribution is -2.33. The third kappa shape index (κ3) is 2.05. The summed E-state index contributed by atoms with van der Waals surface area (Å²) in [6, 6.07) is 8.38. The van der Waals surface area contributed by atoms with Gasteiger partial charge < -0.3 is 15.4 Å². The van der Waals surface area contributed by atoms with Gasteiger partial charge in [0.05, 0.1) is 12.7 Å². The predicted octanol–water partition coefficient (Wildman–Crippen LogP) is 1.39. The van der Waals surface area contributed by atoms with Crippen LogP contribution in [0.2, 0.25) is 0 Å². The molecule has 0 bridgehead atoms. The molecule has 14 heavy (non-hydrogen) atoms. The Labute approximate surface area is 84.5 Å². The average Bonchev–Trinajstić information content (AvgIpc) is 2.30. The van der Waals surface area contributed by atoms with Crippen molar-refractivity contribution < 1.29 is 4.74 Å². The van der Waals surface area contributed by atoms with Gasteiger partial charge in [0.15, 0.2) is 0 Å². The van der Waals surface area contributed by atoms with E-state index in [1.165, 1.54) is 5.56 Å². The van der Waals surface area contributed by atoms with E-state index in [2.05, 4.69) is 34.9 Å². The largest absolute Gasteiger partial charge is 0.388 e. The van der Waals surface area contributed by atoms with Crippen molar-refractivity contribution in [2.75, 3.05) is 32.1 Å². The van der Waals surface area contributed by atoms with Gasteiger partial charge in [-0.15, -0.1) is 0 Å². The zero-order valence-electron chi connectivity index (χ0n) is 8.42. The van der Waals surface area contributed by atoms with Crippen LogP contribution in [0.5, 0.6) is 0 Å². The van der Waals surface area contributed by atoms with Crippen LogP contribution in [0.3, 0.4) is 0 Å². The lowest BCUT2D eigenvalue weighted by atomic mass is 10.1. The molecule has 1 aromatic rings. The van der Waals surface area contributed by atoms with Gasteiger partial charge in [0, 0.05) is 25.8 Å². The van der Waals surface area contributed by atoms with Crippen LogP contribution in [0.25, 0.3) is 0 Å². The normalized spacial score (nSPS) is 21.9. The third-order valence-corrected chi connectivity index (χ3v) is 2.50. The van der Waals surface area contributed by atoms with Crippen LogP contribution in [0, 0.1) is 0 Å². The number of ether oxygens (including phenoxy) is 1. The van der Waals surface area contributed by atoms with Gasteiger partial charge in [0.25, 0.3) is 0 Å². The van der Waals surface area contributed by atoms with Crippen molar-refractivity contribution in [1.82, 2.24) is 5.32 Å². The molecule has 1 aliphatic heterocycles. The number of nitrogens with one attached hydrogen (secondary N) is 2. The minimum atomic E-state index is 0.217. The van der Waals surface area contributed by atoms with Gasteiger partial charge in [-0.3, -0.25) is 0 Å². The first-order valence-corrected chi connectivity index (χ1v) is 5.00. The van der Waals surface area contributed by atoms with E-state index in [0.717, 1.165) is 25.4 Å². The molecule has 1 fully saturated rings. The molecule has 0 unspecified atom stereocenters. The van der Waals surface area contributed by atoms with Crippen molar-refractivity contribution in [1.29, 1.82) is 0 Å². The van der Waals surface area contributed by atoms with Crippen molar-refractivity contribution in [3.63, 3.8) is 0 Å². The molecule has 0 aromatic heterocycles. The predicted molar refractivity (Wildman–Crippen MR) is 57.6 cm³/mol. The van der Waals surface area contributed by atoms with Crippen LogP contribution < -0.4 is 10.6 Å². The Morgan fingerprint density at radius 1 is 1.36 bits per heavy atom. The monoisotopic (exact) mass is 192 g/mol. The number of rotatable bonds is 2. The molecule has 1 aliphatic rings. The Balaban J connectivity index is 2.07. The van der Waals surface area contributed by atoms with Crippen molar-refractivity contribution in [3.05, 3.63) is 29.8 Å². The lowest BCUT2D eigenvalue weighted by Gasteiger charge is -2.24. The summed E-state index contributed by atoms with van der Waals surface area (Å²) in [4.78, 5) is 0. The highest BCUT2D eigenvalue weighted by molar-refractivity contribution is 5.44. The fourth-order valence-electron chi connectivity index (χ4n) is 1.64.